The van der Waals surface area contributed by atoms with Gasteiger partial charge in [0.15, 0.2) is 0 Å². The van der Waals surface area contributed by atoms with Crippen LogP contribution in [0, 0.1) is 11.8 Å². The number of rotatable bonds is 2. The van der Waals surface area contributed by atoms with E-state index in [4.69, 9.17) is 0 Å². The van der Waals surface area contributed by atoms with Crippen LogP contribution in [0.15, 0.2) is 30.3 Å². The second kappa shape index (κ2) is 5.27. The summed E-state index contributed by atoms with van der Waals surface area (Å²) >= 11 is 0. The van der Waals surface area contributed by atoms with E-state index in [1.54, 1.807) is 30.3 Å². The van der Waals surface area contributed by atoms with Crippen molar-refractivity contribution in [1.82, 2.24) is 4.90 Å². The molecule has 20 heavy (non-hydrogen) atoms. The summed E-state index contributed by atoms with van der Waals surface area (Å²) in [6.07, 6.45) is -9.66. The Morgan fingerprint density at radius 1 is 0.850 bits per heavy atom. The molecule has 1 aromatic rings. The van der Waals surface area contributed by atoms with Crippen LogP contribution < -0.4 is 0 Å². The largest absolute Gasteiger partial charge is 0.393 e. The minimum atomic E-state index is -4.83. The summed E-state index contributed by atoms with van der Waals surface area (Å²) in [5.74, 6) is -4.68. The molecular weight excluding hydrogens is 284 g/mol. The summed E-state index contributed by atoms with van der Waals surface area (Å²) in [5.41, 5.74) is 0.705. The SMILES string of the molecule is FC(F)(F)[C@@H]1CN(Cc2ccccc2)C[C@@H]1C(F)(F)F. The third kappa shape index (κ3) is 3.45. The van der Waals surface area contributed by atoms with E-state index in [0.717, 1.165) is 0 Å². The molecule has 0 aliphatic carbocycles. The molecule has 1 aromatic carbocycles. The van der Waals surface area contributed by atoms with Gasteiger partial charge in [-0.15, -0.1) is 0 Å². The lowest BCUT2D eigenvalue weighted by molar-refractivity contribution is -0.239. The molecule has 1 fully saturated rings. The maximum Gasteiger partial charge on any atom is 0.393 e. The monoisotopic (exact) mass is 297 g/mol. The van der Waals surface area contributed by atoms with Crippen molar-refractivity contribution in [1.29, 1.82) is 0 Å². The van der Waals surface area contributed by atoms with Crippen LogP contribution in [0.3, 0.4) is 0 Å². The minimum absolute atomic E-state index is 0.0972. The molecule has 0 saturated carbocycles. The fourth-order valence-corrected chi connectivity index (χ4v) is 2.52. The van der Waals surface area contributed by atoms with Crippen LogP contribution in [0.1, 0.15) is 5.56 Å². The molecule has 0 radical (unpaired) electrons. The number of nitrogens with zero attached hydrogens (tertiary/aromatic N) is 1. The van der Waals surface area contributed by atoms with Crippen LogP contribution in [0.4, 0.5) is 26.3 Å². The number of likely N-dealkylation sites (tertiary alicyclic amines) is 1. The van der Waals surface area contributed by atoms with Crippen molar-refractivity contribution in [3.63, 3.8) is 0 Å². The summed E-state index contributed by atoms with van der Waals surface area (Å²) < 4.78 is 76.4. The van der Waals surface area contributed by atoms with Crippen LogP contribution in [-0.2, 0) is 6.54 Å². The normalized spacial score (nSPS) is 25.1. The fourth-order valence-electron chi connectivity index (χ4n) is 2.52. The smallest absolute Gasteiger partial charge is 0.298 e. The average molecular weight is 297 g/mol. The second-order valence-electron chi connectivity index (χ2n) is 4.98. The Bertz CT molecular complexity index is 416. The third-order valence-corrected chi connectivity index (χ3v) is 3.49. The van der Waals surface area contributed by atoms with Crippen molar-refractivity contribution >= 4 is 0 Å². The van der Waals surface area contributed by atoms with Crippen molar-refractivity contribution in [3.05, 3.63) is 35.9 Å². The van der Waals surface area contributed by atoms with Gasteiger partial charge in [-0.25, -0.2) is 0 Å². The quantitative estimate of drug-likeness (QED) is 0.749. The van der Waals surface area contributed by atoms with Gasteiger partial charge >= 0.3 is 12.4 Å². The van der Waals surface area contributed by atoms with E-state index < -0.39 is 37.3 Å². The molecule has 1 heterocycles. The molecule has 0 bridgehead atoms. The summed E-state index contributed by atoms with van der Waals surface area (Å²) in [6.45, 7) is -1.12. The molecule has 2 rings (SSSR count). The predicted octanol–water partition coefficient (Wildman–Crippen LogP) is 3.86. The zero-order chi connectivity index (χ0) is 15.0. The van der Waals surface area contributed by atoms with Crippen LogP contribution >= 0.6 is 0 Å². The Kier molecular flexibility index (Phi) is 4.00. The Morgan fingerprint density at radius 2 is 1.30 bits per heavy atom. The van der Waals surface area contributed by atoms with Gasteiger partial charge in [0.1, 0.15) is 0 Å². The lowest BCUT2D eigenvalue weighted by Crippen LogP contribution is -2.37. The third-order valence-electron chi connectivity index (χ3n) is 3.49. The van der Waals surface area contributed by atoms with E-state index in [9.17, 15) is 26.3 Å². The molecule has 112 valence electrons. The standard InChI is InChI=1S/C13H13F6N/c14-12(15,16)10-7-20(8-11(10)13(17,18)19)6-9-4-2-1-3-5-9/h1-5,10-11H,6-8H2/t10-,11+. The molecule has 0 amide bonds. The summed E-state index contributed by atoms with van der Waals surface area (Å²) in [6, 6.07) is 8.51. The van der Waals surface area contributed by atoms with E-state index in [1.165, 1.54) is 4.90 Å². The van der Waals surface area contributed by atoms with E-state index in [0.29, 0.717) is 5.56 Å². The first kappa shape index (κ1) is 15.2. The highest BCUT2D eigenvalue weighted by Gasteiger charge is 2.58. The van der Waals surface area contributed by atoms with Gasteiger partial charge in [0.05, 0.1) is 11.8 Å². The molecule has 0 N–H and O–H groups in total. The maximum atomic E-state index is 12.7. The topological polar surface area (TPSA) is 3.24 Å². The highest BCUT2D eigenvalue weighted by atomic mass is 19.4. The Hall–Kier alpha value is -1.24. The van der Waals surface area contributed by atoms with Gasteiger partial charge < -0.3 is 0 Å². The molecule has 0 unspecified atom stereocenters. The Morgan fingerprint density at radius 3 is 1.70 bits per heavy atom. The van der Waals surface area contributed by atoms with Gasteiger partial charge in [-0.2, -0.15) is 26.3 Å². The molecule has 0 spiro atoms. The van der Waals surface area contributed by atoms with Gasteiger partial charge in [0.2, 0.25) is 0 Å². The second-order valence-corrected chi connectivity index (χ2v) is 4.98. The van der Waals surface area contributed by atoms with E-state index >= 15 is 0 Å². The van der Waals surface area contributed by atoms with Gasteiger partial charge in [-0.3, -0.25) is 4.90 Å². The predicted molar refractivity (Wildman–Crippen MR) is 60.8 cm³/mol. The number of benzene rings is 1. The summed E-state index contributed by atoms with van der Waals surface area (Å²) in [7, 11) is 0. The Balaban J connectivity index is 2.12. The van der Waals surface area contributed by atoms with Gasteiger partial charge in [0.25, 0.3) is 0 Å². The van der Waals surface area contributed by atoms with Crippen molar-refractivity contribution in [2.24, 2.45) is 11.8 Å². The van der Waals surface area contributed by atoms with Gasteiger partial charge in [0, 0.05) is 19.6 Å². The van der Waals surface area contributed by atoms with Crippen molar-refractivity contribution in [2.45, 2.75) is 18.9 Å². The lowest BCUT2D eigenvalue weighted by Gasteiger charge is -2.23. The molecule has 7 heteroatoms. The average Bonchev–Trinajstić information content (AvgIpc) is 2.74. The zero-order valence-electron chi connectivity index (χ0n) is 10.4. The van der Waals surface area contributed by atoms with E-state index in [-0.39, 0.29) is 6.54 Å². The number of halogens is 6. The number of hydrogen-bond acceptors (Lipinski definition) is 1. The maximum absolute atomic E-state index is 12.7. The number of alkyl halides is 6. The molecule has 1 saturated heterocycles. The van der Waals surface area contributed by atoms with E-state index in [2.05, 4.69) is 0 Å². The minimum Gasteiger partial charge on any atom is -0.298 e. The molecule has 1 nitrogen and oxygen atoms in total. The van der Waals surface area contributed by atoms with Crippen molar-refractivity contribution in [2.75, 3.05) is 13.1 Å². The fraction of sp³-hybridized carbons (Fsp3) is 0.538. The van der Waals surface area contributed by atoms with Crippen LogP contribution in [0.5, 0.6) is 0 Å². The van der Waals surface area contributed by atoms with Crippen LogP contribution in [0.25, 0.3) is 0 Å². The molecule has 1 aliphatic heterocycles. The van der Waals surface area contributed by atoms with Crippen molar-refractivity contribution in [3.8, 4) is 0 Å². The lowest BCUT2D eigenvalue weighted by atomic mass is 9.95. The Labute approximate surface area is 112 Å². The molecule has 2 atom stereocenters. The van der Waals surface area contributed by atoms with Gasteiger partial charge in [-0.1, -0.05) is 30.3 Å². The molecule has 0 aromatic heterocycles. The number of hydrogen-bond donors (Lipinski definition) is 0. The first-order valence-corrected chi connectivity index (χ1v) is 6.07. The molecule has 1 aliphatic rings. The van der Waals surface area contributed by atoms with E-state index in [1.807, 2.05) is 0 Å². The highest BCUT2D eigenvalue weighted by Crippen LogP contribution is 2.45. The van der Waals surface area contributed by atoms with Crippen molar-refractivity contribution < 1.29 is 26.3 Å². The summed E-state index contributed by atoms with van der Waals surface area (Å²) in [5, 5.41) is 0. The van der Waals surface area contributed by atoms with Crippen LogP contribution in [0.2, 0.25) is 0 Å². The zero-order valence-corrected chi connectivity index (χ0v) is 10.4. The molecular formula is C13H13F6N. The summed E-state index contributed by atoms with van der Waals surface area (Å²) in [4.78, 5) is 1.21. The first-order valence-electron chi connectivity index (χ1n) is 6.07. The highest BCUT2D eigenvalue weighted by molar-refractivity contribution is 5.14. The van der Waals surface area contributed by atoms with Gasteiger partial charge in [-0.05, 0) is 5.56 Å². The van der Waals surface area contributed by atoms with Crippen LogP contribution in [-0.4, -0.2) is 30.3 Å². The first-order chi connectivity index (χ1) is 9.18.